The Morgan fingerprint density at radius 1 is 1.29 bits per heavy atom. The summed E-state index contributed by atoms with van der Waals surface area (Å²) in [6.45, 7) is 4.51. The van der Waals surface area contributed by atoms with Crippen molar-refractivity contribution < 1.29 is 9.84 Å². The summed E-state index contributed by atoms with van der Waals surface area (Å²) in [6, 6.07) is 8.75. The monoisotopic (exact) mass is 237 g/mol. The van der Waals surface area contributed by atoms with E-state index in [0.29, 0.717) is 6.04 Å². The molecular formula is C14H23NO2. The van der Waals surface area contributed by atoms with Gasteiger partial charge in [-0.15, -0.1) is 0 Å². The van der Waals surface area contributed by atoms with Gasteiger partial charge in [0.1, 0.15) is 5.75 Å². The molecule has 0 aliphatic carbocycles. The molecule has 0 saturated carbocycles. The first kappa shape index (κ1) is 14.0. The van der Waals surface area contributed by atoms with Crippen LogP contribution in [-0.4, -0.2) is 24.9 Å². The summed E-state index contributed by atoms with van der Waals surface area (Å²) < 4.78 is 5.14. The average Bonchev–Trinajstić information content (AvgIpc) is 2.38. The number of nitrogens with one attached hydrogen (secondary N) is 1. The molecule has 1 aromatic carbocycles. The minimum atomic E-state index is 0.237. The maximum absolute atomic E-state index is 8.96. The van der Waals surface area contributed by atoms with Gasteiger partial charge in [-0.2, -0.15) is 0 Å². The molecule has 0 spiro atoms. The van der Waals surface area contributed by atoms with Gasteiger partial charge in [0.15, 0.2) is 0 Å². The van der Waals surface area contributed by atoms with Crippen molar-refractivity contribution in [2.45, 2.75) is 38.8 Å². The molecule has 2 N–H and O–H groups in total. The summed E-state index contributed by atoms with van der Waals surface area (Å²) in [5.41, 5.74) is 1.24. The van der Waals surface area contributed by atoms with Crippen molar-refractivity contribution >= 4 is 0 Å². The summed E-state index contributed by atoms with van der Waals surface area (Å²) in [5, 5.41) is 12.5. The first-order chi connectivity index (χ1) is 8.21. The Bertz CT molecular complexity index is 311. The molecule has 2 atom stereocenters. The van der Waals surface area contributed by atoms with Gasteiger partial charge < -0.3 is 15.2 Å². The van der Waals surface area contributed by atoms with Crippen LogP contribution < -0.4 is 10.1 Å². The Kier molecular flexibility index (Phi) is 6.01. The topological polar surface area (TPSA) is 41.5 Å². The molecule has 0 aliphatic heterocycles. The minimum absolute atomic E-state index is 0.237. The maximum atomic E-state index is 8.96. The molecule has 1 aromatic rings. The fourth-order valence-electron chi connectivity index (χ4n) is 1.90. The number of hydrogen-bond acceptors (Lipinski definition) is 3. The third-order valence-electron chi connectivity index (χ3n) is 3.07. The van der Waals surface area contributed by atoms with Gasteiger partial charge in [0, 0.05) is 18.7 Å². The normalized spacial score (nSPS) is 14.4. The minimum Gasteiger partial charge on any atom is -0.497 e. The predicted molar refractivity (Wildman–Crippen MR) is 70.3 cm³/mol. The lowest BCUT2D eigenvalue weighted by Gasteiger charge is -2.22. The number of methoxy groups -OCH3 is 1. The summed E-state index contributed by atoms with van der Waals surface area (Å²) in [4.78, 5) is 0. The zero-order chi connectivity index (χ0) is 12.7. The van der Waals surface area contributed by atoms with Gasteiger partial charge in [0.25, 0.3) is 0 Å². The molecular weight excluding hydrogens is 214 g/mol. The highest BCUT2D eigenvalue weighted by Crippen LogP contribution is 2.18. The van der Waals surface area contributed by atoms with Crippen LogP contribution in [0.5, 0.6) is 5.75 Å². The molecule has 3 heteroatoms. The van der Waals surface area contributed by atoms with Gasteiger partial charge in [-0.3, -0.25) is 0 Å². The van der Waals surface area contributed by atoms with Crippen molar-refractivity contribution in [1.82, 2.24) is 5.32 Å². The maximum Gasteiger partial charge on any atom is 0.118 e. The fourth-order valence-corrected chi connectivity index (χ4v) is 1.90. The van der Waals surface area contributed by atoms with Crippen LogP contribution in [0.1, 0.15) is 38.3 Å². The zero-order valence-electron chi connectivity index (χ0n) is 10.9. The summed E-state index contributed by atoms with van der Waals surface area (Å²) in [6.07, 6.45) is 1.83. The van der Waals surface area contributed by atoms with E-state index in [1.54, 1.807) is 7.11 Å². The van der Waals surface area contributed by atoms with Crippen molar-refractivity contribution in [2.75, 3.05) is 13.7 Å². The number of aliphatic hydroxyl groups excluding tert-OH is 1. The van der Waals surface area contributed by atoms with E-state index in [1.807, 2.05) is 12.1 Å². The Morgan fingerprint density at radius 3 is 2.41 bits per heavy atom. The standard InChI is InChI=1S/C14H23NO2/c1-4-13(9-10-16)15-11(2)12-5-7-14(17-3)8-6-12/h5-8,11,13,15-16H,4,9-10H2,1-3H3. The third kappa shape index (κ3) is 4.36. The van der Waals surface area contributed by atoms with E-state index in [9.17, 15) is 0 Å². The summed E-state index contributed by atoms with van der Waals surface area (Å²) in [7, 11) is 1.67. The molecule has 2 unspecified atom stereocenters. The van der Waals surface area contributed by atoms with Crippen LogP contribution in [0.2, 0.25) is 0 Å². The van der Waals surface area contributed by atoms with Crippen molar-refractivity contribution in [3.05, 3.63) is 29.8 Å². The van der Waals surface area contributed by atoms with E-state index in [-0.39, 0.29) is 12.6 Å². The number of ether oxygens (including phenoxy) is 1. The van der Waals surface area contributed by atoms with Gasteiger partial charge >= 0.3 is 0 Å². The highest BCUT2D eigenvalue weighted by atomic mass is 16.5. The molecule has 3 nitrogen and oxygen atoms in total. The quantitative estimate of drug-likeness (QED) is 0.765. The Hall–Kier alpha value is -1.06. The molecule has 0 amide bonds. The lowest BCUT2D eigenvalue weighted by atomic mass is 10.1. The van der Waals surface area contributed by atoms with Crippen molar-refractivity contribution in [2.24, 2.45) is 0 Å². The lowest BCUT2D eigenvalue weighted by Crippen LogP contribution is -2.31. The molecule has 17 heavy (non-hydrogen) atoms. The zero-order valence-corrected chi connectivity index (χ0v) is 10.9. The van der Waals surface area contributed by atoms with Crippen molar-refractivity contribution in [1.29, 1.82) is 0 Å². The molecule has 0 aromatic heterocycles. The number of aliphatic hydroxyl groups is 1. The summed E-state index contributed by atoms with van der Waals surface area (Å²) >= 11 is 0. The SMILES string of the molecule is CCC(CCO)NC(C)c1ccc(OC)cc1. The van der Waals surface area contributed by atoms with Crippen LogP contribution in [0.25, 0.3) is 0 Å². The van der Waals surface area contributed by atoms with E-state index >= 15 is 0 Å². The molecule has 96 valence electrons. The first-order valence-electron chi connectivity index (χ1n) is 6.22. The van der Waals surface area contributed by atoms with E-state index < -0.39 is 0 Å². The number of benzene rings is 1. The molecule has 0 fully saturated rings. The molecule has 0 aliphatic rings. The second kappa shape index (κ2) is 7.30. The van der Waals surface area contributed by atoms with E-state index in [1.165, 1.54) is 5.56 Å². The van der Waals surface area contributed by atoms with E-state index in [4.69, 9.17) is 9.84 Å². The smallest absolute Gasteiger partial charge is 0.118 e. The second-order valence-corrected chi connectivity index (χ2v) is 4.28. The van der Waals surface area contributed by atoms with Crippen molar-refractivity contribution in [3.63, 3.8) is 0 Å². The highest BCUT2D eigenvalue weighted by Gasteiger charge is 2.11. The van der Waals surface area contributed by atoms with Gasteiger partial charge in [-0.05, 0) is 37.5 Å². The Balaban J connectivity index is 2.58. The van der Waals surface area contributed by atoms with Crippen LogP contribution in [-0.2, 0) is 0 Å². The fraction of sp³-hybridized carbons (Fsp3) is 0.571. The van der Waals surface area contributed by atoms with Gasteiger partial charge in [0.05, 0.1) is 7.11 Å². The molecule has 0 bridgehead atoms. The molecule has 1 rings (SSSR count). The molecule has 0 radical (unpaired) electrons. The van der Waals surface area contributed by atoms with Crippen LogP contribution in [0, 0.1) is 0 Å². The lowest BCUT2D eigenvalue weighted by molar-refractivity contribution is 0.257. The van der Waals surface area contributed by atoms with Crippen LogP contribution in [0.3, 0.4) is 0 Å². The number of rotatable bonds is 7. The second-order valence-electron chi connectivity index (χ2n) is 4.28. The predicted octanol–water partition coefficient (Wildman–Crippen LogP) is 2.51. The van der Waals surface area contributed by atoms with Crippen LogP contribution >= 0.6 is 0 Å². The van der Waals surface area contributed by atoms with Gasteiger partial charge in [0.2, 0.25) is 0 Å². The Morgan fingerprint density at radius 2 is 1.94 bits per heavy atom. The van der Waals surface area contributed by atoms with Crippen LogP contribution in [0.4, 0.5) is 0 Å². The first-order valence-corrected chi connectivity index (χ1v) is 6.22. The van der Waals surface area contributed by atoms with E-state index in [2.05, 4.69) is 31.3 Å². The molecule has 0 heterocycles. The molecule has 0 saturated heterocycles. The highest BCUT2D eigenvalue weighted by molar-refractivity contribution is 5.28. The van der Waals surface area contributed by atoms with Crippen LogP contribution in [0.15, 0.2) is 24.3 Å². The summed E-state index contributed by atoms with van der Waals surface area (Å²) in [5.74, 6) is 0.878. The van der Waals surface area contributed by atoms with Gasteiger partial charge in [-0.1, -0.05) is 19.1 Å². The van der Waals surface area contributed by atoms with Crippen molar-refractivity contribution in [3.8, 4) is 5.75 Å². The third-order valence-corrected chi connectivity index (χ3v) is 3.07. The number of hydrogen-bond donors (Lipinski definition) is 2. The average molecular weight is 237 g/mol. The van der Waals surface area contributed by atoms with E-state index in [0.717, 1.165) is 18.6 Å². The van der Waals surface area contributed by atoms with Gasteiger partial charge in [-0.25, -0.2) is 0 Å². The Labute approximate surface area is 104 Å². The largest absolute Gasteiger partial charge is 0.497 e.